The Kier molecular flexibility index (Phi) is 3.72. The zero-order valence-electron chi connectivity index (χ0n) is 9.52. The summed E-state index contributed by atoms with van der Waals surface area (Å²) in [6, 6.07) is 1.65. The number of aliphatic hydroxyl groups excluding tert-OH is 1. The van der Waals surface area contributed by atoms with E-state index in [1.807, 2.05) is 0 Å². The Balaban J connectivity index is 2.07. The molecule has 0 bridgehead atoms. The zero-order chi connectivity index (χ0) is 12.3. The molecule has 1 aromatic rings. The van der Waals surface area contributed by atoms with Gasteiger partial charge in [0.05, 0.1) is 6.10 Å². The lowest BCUT2D eigenvalue weighted by atomic mass is 10.3. The van der Waals surface area contributed by atoms with Crippen molar-refractivity contribution in [1.29, 1.82) is 0 Å². The van der Waals surface area contributed by atoms with Crippen LogP contribution in [0.2, 0.25) is 0 Å². The number of aliphatic hydroxyl groups is 1. The molecule has 7 nitrogen and oxygen atoms in total. The molecule has 1 atom stereocenters. The number of rotatable bonds is 2. The van der Waals surface area contributed by atoms with Gasteiger partial charge in [-0.1, -0.05) is 0 Å². The third-order valence-corrected chi connectivity index (χ3v) is 2.73. The van der Waals surface area contributed by atoms with Crippen molar-refractivity contribution >= 4 is 5.91 Å². The fourth-order valence-electron chi connectivity index (χ4n) is 1.82. The molecule has 7 heteroatoms. The van der Waals surface area contributed by atoms with Gasteiger partial charge in [0.2, 0.25) is 0 Å². The molecule has 0 spiro atoms. The molecule has 2 rings (SSSR count). The van der Waals surface area contributed by atoms with Crippen LogP contribution in [0.25, 0.3) is 0 Å². The van der Waals surface area contributed by atoms with E-state index in [0.29, 0.717) is 38.4 Å². The van der Waals surface area contributed by atoms with Gasteiger partial charge in [0, 0.05) is 38.4 Å². The number of nitrogens with two attached hydrogens (primary N) is 1. The number of aromatic amines is 1. The minimum atomic E-state index is -0.533. The van der Waals surface area contributed by atoms with Crippen LogP contribution in [0.15, 0.2) is 6.07 Å². The number of hydrogen-bond acceptors (Lipinski definition) is 5. The first-order chi connectivity index (χ1) is 8.20. The van der Waals surface area contributed by atoms with E-state index in [0.717, 1.165) is 5.69 Å². The molecule has 0 aliphatic carbocycles. The van der Waals surface area contributed by atoms with Crippen LogP contribution in [-0.2, 0) is 6.54 Å². The molecule has 1 aliphatic rings. The van der Waals surface area contributed by atoms with E-state index in [1.165, 1.54) is 0 Å². The van der Waals surface area contributed by atoms with Crippen LogP contribution >= 0.6 is 0 Å². The highest BCUT2D eigenvalue weighted by Crippen LogP contribution is 2.06. The molecule has 5 N–H and O–H groups in total. The third-order valence-electron chi connectivity index (χ3n) is 2.73. The quantitative estimate of drug-likeness (QED) is 0.491. The minimum absolute atomic E-state index is 0.177. The lowest BCUT2D eigenvalue weighted by Crippen LogP contribution is -2.37. The van der Waals surface area contributed by atoms with Crippen molar-refractivity contribution in [2.45, 2.75) is 12.6 Å². The smallest absolute Gasteiger partial charge is 0.274 e. The van der Waals surface area contributed by atoms with Gasteiger partial charge in [-0.05, 0) is 6.07 Å². The summed E-state index contributed by atoms with van der Waals surface area (Å²) in [6.07, 6.45) is -0.533. The first kappa shape index (κ1) is 12.0. The molecule has 1 amide bonds. The standard InChI is InChI=1S/C10H17N5O2/c11-4-7-3-9(14-13-7)10(17)15-2-1-12-5-8(16)6-15/h3,8,12,16H,1-2,4-6,11H2,(H,13,14). The Morgan fingerprint density at radius 1 is 1.71 bits per heavy atom. The van der Waals surface area contributed by atoms with Crippen LogP contribution < -0.4 is 11.1 Å². The lowest BCUT2D eigenvalue weighted by molar-refractivity contribution is 0.0667. The first-order valence-electron chi connectivity index (χ1n) is 5.63. The number of hydrogen-bond donors (Lipinski definition) is 4. The van der Waals surface area contributed by atoms with E-state index in [9.17, 15) is 9.90 Å². The molecular weight excluding hydrogens is 222 g/mol. The van der Waals surface area contributed by atoms with Crippen molar-refractivity contribution in [3.8, 4) is 0 Å². The normalized spacial score (nSPS) is 21.3. The van der Waals surface area contributed by atoms with Crippen molar-refractivity contribution in [1.82, 2.24) is 20.4 Å². The molecular formula is C10H17N5O2. The van der Waals surface area contributed by atoms with Gasteiger partial charge in [-0.3, -0.25) is 9.89 Å². The fraction of sp³-hybridized carbons (Fsp3) is 0.600. The van der Waals surface area contributed by atoms with Gasteiger partial charge in [-0.2, -0.15) is 5.10 Å². The Hall–Kier alpha value is -1.44. The summed E-state index contributed by atoms with van der Waals surface area (Å²) in [5, 5.41) is 19.3. The summed E-state index contributed by atoms with van der Waals surface area (Å²) in [4.78, 5) is 13.7. The molecule has 2 heterocycles. The van der Waals surface area contributed by atoms with Gasteiger partial charge in [0.1, 0.15) is 5.69 Å². The van der Waals surface area contributed by atoms with Crippen LogP contribution in [-0.4, -0.2) is 58.4 Å². The van der Waals surface area contributed by atoms with Gasteiger partial charge in [0.25, 0.3) is 5.91 Å². The average Bonchev–Trinajstić information content (AvgIpc) is 2.71. The Labute approximate surface area is 99.0 Å². The SMILES string of the molecule is NCc1cc(C(=O)N2CCNCC(O)C2)n[nH]1. The fourth-order valence-corrected chi connectivity index (χ4v) is 1.82. The van der Waals surface area contributed by atoms with Gasteiger partial charge >= 0.3 is 0 Å². The van der Waals surface area contributed by atoms with Crippen molar-refractivity contribution in [3.63, 3.8) is 0 Å². The maximum Gasteiger partial charge on any atom is 0.274 e. The summed E-state index contributed by atoms with van der Waals surface area (Å²) in [5.74, 6) is -0.177. The molecule has 0 aromatic carbocycles. The molecule has 1 aromatic heterocycles. The van der Waals surface area contributed by atoms with E-state index in [1.54, 1.807) is 11.0 Å². The van der Waals surface area contributed by atoms with Gasteiger partial charge in [0.15, 0.2) is 0 Å². The summed E-state index contributed by atoms with van der Waals surface area (Å²) in [7, 11) is 0. The number of carbonyl (C=O) groups is 1. The predicted molar refractivity (Wildman–Crippen MR) is 61.3 cm³/mol. The molecule has 1 saturated heterocycles. The van der Waals surface area contributed by atoms with Crippen molar-refractivity contribution in [2.75, 3.05) is 26.2 Å². The van der Waals surface area contributed by atoms with Crippen molar-refractivity contribution in [3.05, 3.63) is 17.5 Å². The first-order valence-corrected chi connectivity index (χ1v) is 5.63. The van der Waals surface area contributed by atoms with Crippen LogP contribution in [0.5, 0.6) is 0 Å². The second-order valence-electron chi connectivity index (χ2n) is 4.09. The highest BCUT2D eigenvalue weighted by atomic mass is 16.3. The van der Waals surface area contributed by atoms with Crippen LogP contribution in [0.4, 0.5) is 0 Å². The van der Waals surface area contributed by atoms with Crippen LogP contribution in [0.3, 0.4) is 0 Å². The molecule has 1 fully saturated rings. The number of nitrogens with one attached hydrogen (secondary N) is 2. The molecule has 0 saturated carbocycles. The Bertz CT molecular complexity index is 392. The number of H-pyrrole nitrogens is 1. The minimum Gasteiger partial charge on any atom is -0.390 e. The highest BCUT2D eigenvalue weighted by Gasteiger charge is 2.22. The molecule has 1 unspecified atom stereocenters. The molecule has 17 heavy (non-hydrogen) atoms. The van der Waals surface area contributed by atoms with E-state index >= 15 is 0 Å². The zero-order valence-corrected chi connectivity index (χ0v) is 9.52. The maximum atomic E-state index is 12.1. The third kappa shape index (κ3) is 2.82. The van der Waals surface area contributed by atoms with Crippen LogP contribution in [0, 0.1) is 0 Å². The summed E-state index contributed by atoms with van der Waals surface area (Å²) >= 11 is 0. The number of β-amino-alcohol motifs (C(OH)–C–C–N with tert-alkyl or cyclic N) is 1. The van der Waals surface area contributed by atoms with E-state index in [-0.39, 0.29) is 5.91 Å². The second kappa shape index (κ2) is 5.26. The number of carbonyl (C=O) groups excluding carboxylic acids is 1. The van der Waals surface area contributed by atoms with E-state index < -0.39 is 6.10 Å². The number of aromatic nitrogens is 2. The Morgan fingerprint density at radius 3 is 3.24 bits per heavy atom. The van der Waals surface area contributed by atoms with Crippen LogP contribution in [0.1, 0.15) is 16.2 Å². The molecule has 1 aliphatic heterocycles. The molecule has 94 valence electrons. The lowest BCUT2D eigenvalue weighted by Gasteiger charge is -2.20. The topological polar surface area (TPSA) is 107 Å². The Morgan fingerprint density at radius 2 is 2.53 bits per heavy atom. The van der Waals surface area contributed by atoms with Crippen molar-refractivity contribution < 1.29 is 9.90 Å². The average molecular weight is 239 g/mol. The van der Waals surface area contributed by atoms with Gasteiger partial charge in [-0.25, -0.2) is 0 Å². The van der Waals surface area contributed by atoms with Gasteiger partial charge < -0.3 is 21.1 Å². The van der Waals surface area contributed by atoms with E-state index in [2.05, 4.69) is 15.5 Å². The van der Waals surface area contributed by atoms with E-state index in [4.69, 9.17) is 5.73 Å². The predicted octanol–water partition coefficient (Wildman–Crippen LogP) is -1.73. The summed E-state index contributed by atoms with van der Waals surface area (Å²) < 4.78 is 0. The van der Waals surface area contributed by atoms with Gasteiger partial charge in [-0.15, -0.1) is 0 Å². The largest absolute Gasteiger partial charge is 0.390 e. The number of nitrogens with zero attached hydrogens (tertiary/aromatic N) is 2. The number of amides is 1. The monoisotopic (exact) mass is 239 g/mol. The maximum absolute atomic E-state index is 12.1. The summed E-state index contributed by atoms with van der Waals surface area (Å²) in [6.45, 7) is 2.41. The van der Waals surface area contributed by atoms with Crippen molar-refractivity contribution in [2.24, 2.45) is 5.73 Å². The molecule has 0 radical (unpaired) electrons. The highest BCUT2D eigenvalue weighted by molar-refractivity contribution is 5.92. The second-order valence-corrected chi connectivity index (χ2v) is 4.09. The summed E-state index contributed by atoms with van der Waals surface area (Å²) in [5.41, 5.74) is 6.51.